The Morgan fingerprint density at radius 3 is 2.13 bits per heavy atom. The number of benzene rings is 4. The Bertz CT molecular complexity index is 1190. The number of rotatable bonds is 7. The number of fused-ring (bicyclic) bond motifs is 1. The maximum atomic E-state index is 13.2. The number of carbonyl (C=O) groups excluding carboxylic acids is 1. The van der Waals surface area contributed by atoms with Crippen molar-refractivity contribution < 1.29 is 19.0 Å². The van der Waals surface area contributed by atoms with Crippen LogP contribution in [0.1, 0.15) is 11.7 Å². The molecule has 0 aliphatic carbocycles. The summed E-state index contributed by atoms with van der Waals surface area (Å²) in [6, 6.07) is 28.2. The molecule has 0 radical (unpaired) electrons. The third-order valence-electron chi connectivity index (χ3n) is 4.95. The van der Waals surface area contributed by atoms with E-state index < -0.39 is 6.10 Å². The van der Waals surface area contributed by atoms with Gasteiger partial charge in [-0.15, -0.1) is 0 Å². The number of hydrogen-bond donors (Lipinski definition) is 1. The molecule has 4 rings (SSSR count). The molecule has 1 N–H and O–H groups in total. The van der Waals surface area contributed by atoms with E-state index in [4.69, 9.17) is 14.2 Å². The average Bonchev–Trinajstić information content (AvgIpc) is 2.82. The van der Waals surface area contributed by atoms with Gasteiger partial charge < -0.3 is 19.5 Å². The molecule has 0 aliphatic heterocycles. The number of hydrogen-bond acceptors (Lipinski definition) is 4. The van der Waals surface area contributed by atoms with E-state index in [0.29, 0.717) is 17.2 Å². The van der Waals surface area contributed by atoms with Crippen LogP contribution in [0.3, 0.4) is 0 Å². The van der Waals surface area contributed by atoms with Crippen molar-refractivity contribution in [3.8, 4) is 17.2 Å². The lowest BCUT2D eigenvalue weighted by atomic mass is 10.1. The molecule has 1 amide bonds. The Morgan fingerprint density at radius 1 is 0.710 bits per heavy atom. The lowest BCUT2D eigenvalue weighted by Gasteiger charge is -2.20. The van der Waals surface area contributed by atoms with E-state index in [1.165, 1.54) is 0 Å². The van der Waals surface area contributed by atoms with Gasteiger partial charge in [0.2, 0.25) is 6.10 Å². The summed E-state index contributed by atoms with van der Waals surface area (Å²) in [4.78, 5) is 13.2. The van der Waals surface area contributed by atoms with Gasteiger partial charge in [0.25, 0.3) is 5.91 Å². The second-order valence-corrected chi connectivity index (χ2v) is 7.00. The fraction of sp³-hybridized carbons (Fsp3) is 0.115. The van der Waals surface area contributed by atoms with E-state index in [1.807, 2.05) is 84.9 Å². The molecule has 156 valence electrons. The van der Waals surface area contributed by atoms with Gasteiger partial charge in [-0.25, -0.2) is 0 Å². The van der Waals surface area contributed by atoms with Crippen molar-refractivity contribution in [1.82, 2.24) is 0 Å². The zero-order valence-electron chi connectivity index (χ0n) is 17.4. The Hall–Kier alpha value is -3.99. The predicted molar refractivity (Wildman–Crippen MR) is 122 cm³/mol. The van der Waals surface area contributed by atoms with Gasteiger partial charge >= 0.3 is 0 Å². The molecule has 4 aromatic rings. The van der Waals surface area contributed by atoms with Gasteiger partial charge in [-0.3, -0.25) is 4.79 Å². The lowest BCUT2D eigenvalue weighted by molar-refractivity contribution is -0.123. The van der Waals surface area contributed by atoms with Gasteiger partial charge in [0.1, 0.15) is 17.2 Å². The van der Waals surface area contributed by atoms with Crippen molar-refractivity contribution >= 4 is 22.4 Å². The number of nitrogens with one attached hydrogen (secondary N) is 1. The number of methoxy groups -OCH3 is 2. The summed E-state index contributed by atoms with van der Waals surface area (Å²) in [7, 11) is 3.22. The molecule has 5 heteroatoms. The van der Waals surface area contributed by atoms with Crippen molar-refractivity contribution in [2.24, 2.45) is 0 Å². The van der Waals surface area contributed by atoms with Gasteiger partial charge in [-0.05, 0) is 47.2 Å². The normalized spacial score (nSPS) is 11.5. The van der Waals surface area contributed by atoms with Crippen LogP contribution < -0.4 is 19.5 Å². The van der Waals surface area contributed by atoms with Gasteiger partial charge in [0.05, 0.1) is 14.2 Å². The molecular weight excluding hydrogens is 390 g/mol. The van der Waals surface area contributed by atoms with Crippen LogP contribution in [0.15, 0.2) is 91.0 Å². The second-order valence-electron chi connectivity index (χ2n) is 7.00. The molecule has 0 fully saturated rings. The molecule has 31 heavy (non-hydrogen) atoms. The standard InChI is InChI=1S/C26H23NO4/c1-29-22-10-6-9-21(17-22)27-26(28)25(19-7-4-3-5-8-19)31-24-14-12-18-11-13-23(30-2)15-20(18)16-24/h3-17,25H,1-2H3,(H,27,28)/t25-/m0/s1. The molecular formula is C26H23NO4. The summed E-state index contributed by atoms with van der Waals surface area (Å²) in [5, 5.41) is 4.96. The highest BCUT2D eigenvalue weighted by molar-refractivity contribution is 5.95. The minimum Gasteiger partial charge on any atom is -0.497 e. The van der Waals surface area contributed by atoms with Crippen molar-refractivity contribution in [3.63, 3.8) is 0 Å². The second kappa shape index (κ2) is 9.22. The summed E-state index contributed by atoms with van der Waals surface area (Å²) in [6.07, 6.45) is -0.824. The van der Waals surface area contributed by atoms with Gasteiger partial charge in [0.15, 0.2) is 0 Å². The predicted octanol–water partition coefficient (Wildman–Crippen LogP) is 5.62. The van der Waals surface area contributed by atoms with Crippen molar-refractivity contribution in [3.05, 3.63) is 96.6 Å². The number of ether oxygens (including phenoxy) is 3. The van der Waals surface area contributed by atoms with Crippen LogP contribution in [-0.4, -0.2) is 20.1 Å². The fourth-order valence-corrected chi connectivity index (χ4v) is 3.35. The van der Waals surface area contributed by atoms with E-state index in [1.54, 1.807) is 20.3 Å². The largest absolute Gasteiger partial charge is 0.497 e. The van der Waals surface area contributed by atoms with Crippen LogP contribution in [0.4, 0.5) is 5.69 Å². The molecule has 4 aromatic carbocycles. The van der Waals surface area contributed by atoms with Gasteiger partial charge in [-0.2, -0.15) is 0 Å². The molecule has 5 nitrogen and oxygen atoms in total. The topological polar surface area (TPSA) is 56.8 Å². The van der Waals surface area contributed by atoms with Crippen molar-refractivity contribution in [2.45, 2.75) is 6.10 Å². The van der Waals surface area contributed by atoms with Crippen LogP contribution in [0.2, 0.25) is 0 Å². The van der Waals surface area contributed by atoms with Crippen molar-refractivity contribution in [1.29, 1.82) is 0 Å². The first-order valence-corrected chi connectivity index (χ1v) is 9.90. The zero-order chi connectivity index (χ0) is 21.6. The Balaban J connectivity index is 1.63. The summed E-state index contributed by atoms with van der Waals surface area (Å²) in [6.45, 7) is 0. The van der Waals surface area contributed by atoms with E-state index >= 15 is 0 Å². The quantitative estimate of drug-likeness (QED) is 0.427. The van der Waals surface area contributed by atoms with E-state index in [9.17, 15) is 4.79 Å². The molecule has 0 aliphatic rings. The third kappa shape index (κ3) is 4.78. The highest BCUT2D eigenvalue weighted by Gasteiger charge is 2.23. The van der Waals surface area contributed by atoms with Gasteiger partial charge in [0, 0.05) is 17.3 Å². The molecule has 0 spiro atoms. The Labute approximate surface area is 181 Å². The Morgan fingerprint density at radius 2 is 1.39 bits per heavy atom. The molecule has 0 saturated carbocycles. The van der Waals surface area contributed by atoms with E-state index in [0.717, 1.165) is 22.1 Å². The maximum Gasteiger partial charge on any atom is 0.270 e. The van der Waals surface area contributed by atoms with E-state index in [-0.39, 0.29) is 5.91 Å². The SMILES string of the molecule is COc1cccc(NC(=O)[C@@H](Oc2ccc3ccc(OC)cc3c2)c2ccccc2)c1. The fourth-order valence-electron chi connectivity index (χ4n) is 3.35. The Kier molecular flexibility index (Phi) is 6.03. The molecule has 0 bridgehead atoms. The first-order valence-electron chi connectivity index (χ1n) is 9.90. The zero-order valence-corrected chi connectivity index (χ0v) is 17.4. The first kappa shape index (κ1) is 20.3. The number of carbonyl (C=O) groups is 1. The lowest BCUT2D eigenvalue weighted by Crippen LogP contribution is -2.25. The monoisotopic (exact) mass is 413 g/mol. The van der Waals surface area contributed by atoms with Crippen LogP contribution in [0.5, 0.6) is 17.2 Å². The maximum absolute atomic E-state index is 13.2. The average molecular weight is 413 g/mol. The highest BCUT2D eigenvalue weighted by Crippen LogP contribution is 2.29. The first-order chi connectivity index (χ1) is 15.2. The number of amides is 1. The summed E-state index contributed by atoms with van der Waals surface area (Å²) in [5.41, 5.74) is 1.39. The molecule has 0 heterocycles. The minimum absolute atomic E-state index is 0.273. The van der Waals surface area contributed by atoms with Crippen LogP contribution in [-0.2, 0) is 4.79 Å². The van der Waals surface area contributed by atoms with Crippen LogP contribution >= 0.6 is 0 Å². The van der Waals surface area contributed by atoms with Gasteiger partial charge in [-0.1, -0.05) is 48.5 Å². The van der Waals surface area contributed by atoms with Crippen LogP contribution in [0.25, 0.3) is 10.8 Å². The minimum atomic E-state index is -0.824. The highest BCUT2D eigenvalue weighted by atomic mass is 16.5. The summed E-state index contributed by atoms with van der Waals surface area (Å²) in [5.74, 6) is 1.75. The molecule has 0 aromatic heterocycles. The number of anilines is 1. The van der Waals surface area contributed by atoms with Crippen molar-refractivity contribution in [2.75, 3.05) is 19.5 Å². The molecule has 1 atom stereocenters. The summed E-state index contributed by atoms with van der Waals surface area (Å²) >= 11 is 0. The van der Waals surface area contributed by atoms with E-state index in [2.05, 4.69) is 5.32 Å². The van der Waals surface area contributed by atoms with Crippen LogP contribution in [0, 0.1) is 0 Å². The summed E-state index contributed by atoms with van der Waals surface area (Å²) < 4.78 is 16.8. The molecule has 0 saturated heterocycles. The third-order valence-corrected chi connectivity index (χ3v) is 4.95. The molecule has 0 unspecified atom stereocenters. The smallest absolute Gasteiger partial charge is 0.270 e.